The van der Waals surface area contributed by atoms with Gasteiger partial charge in [-0.3, -0.25) is 4.79 Å². The van der Waals surface area contributed by atoms with Gasteiger partial charge in [-0.1, -0.05) is 31.9 Å². The lowest BCUT2D eigenvalue weighted by Crippen LogP contribution is -2.28. The fourth-order valence-corrected chi connectivity index (χ4v) is 1.83. The highest BCUT2D eigenvalue weighted by molar-refractivity contribution is 5.96. The summed E-state index contributed by atoms with van der Waals surface area (Å²) >= 11 is 0. The molecule has 0 aliphatic carbocycles. The standard InChI is InChI=1S/C15H23NO2/c1-4-6-9-12-16(3)15(17)13-10-7-8-11-14(13)18-5-2/h7-8,10-11H,4-6,9,12H2,1-3H3. The molecular weight excluding hydrogens is 226 g/mol. The number of para-hydroxylation sites is 1. The van der Waals surface area contributed by atoms with Gasteiger partial charge < -0.3 is 9.64 Å². The van der Waals surface area contributed by atoms with E-state index >= 15 is 0 Å². The Bertz CT molecular complexity index is 377. The first-order valence-corrected chi connectivity index (χ1v) is 6.68. The lowest BCUT2D eigenvalue weighted by atomic mass is 10.1. The third-order valence-corrected chi connectivity index (χ3v) is 2.86. The summed E-state index contributed by atoms with van der Waals surface area (Å²) in [5.41, 5.74) is 0.651. The number of nitrogens with zero attached hydrogens (tertiary/aromatic N) is 1. The summed E-state index contributed by atoms with van der Waals surface area (Å²) < 4.78 is 5.49. The van der Waals surface area contributed by atoms with Gasteiger partial charge in [-0.05, 0) is 25.5 Å². The van der Waals surface area contributed by atoms with Gasteiger partial charge in [-0.2, -0.15) is 0 Å². The van der Waals surface area contributed by atoms with Crippen molar-refractivity contribution in [3.05, 3.63) is 29.8 Å². The van der Waals surface area contributed by atoms with Crippen LogP contribution in [-0.4, -0.2) is 31.0 Å². The van der Waals surface area contributed by atoms with Gasteiger partial charge in [-0.25, -0.2) is 0 Å². The monoisotopic (exact) mass is 249 g/mol. The molecular formula is C15H23NO2. The molecule has 1 aromatic rings. The molecule has 0 saturated heterocycles. The second-order valence-corrected chi connectivity index (χ2v) is 4.36. The van der Waals surface area contributed by atoms with Crippen LogP contribution in [0, 0.1) is 0 Å². The summed E-state index contributed by atoms with van der Waals surface area (Å²) in [6, 6.07) is 7.43. The van der Waals surface area contributed by atoms with Crippen LogP contribution in [0.25, 0.3) is 0 Å². The Balaban J connectivity index is 2.70. The Labute approximate surface area is 110 Å². The summed E-state index contributed by atoms with van der Waals surface area (Å²) in [6.45, 7) is 5.45. The first-order chi connectivity index (χ1) is 8.70. The Morgan fingerprint density at radius 3 is 2.61 bits per heavy atom. The summed E-state index contributed by atoms with van der Waals surface area (Å²) in [6.07, 6.45) is 3.37. The van der Waals surface area contributed by atoms with Crippen LogP contribution >= 0.6 is 0 Å². The van der Waals surface area contributed by atoms with Crippen molar-refractivity contribution in [2.75, 3.05) is 20.2 Å². The van der Waals surface area contributed by atoms with Crippen LogP contribution in [0.4, 0.5) is 0 Å². The Morgan fingerprint density at radius 1 is 1.22 bits per heavy atom. The van der Waals surface area contributed by atoms with Crippen molar-refractivity contribution in [1.82, 2.24) is 4.90 Å². The lowest BCUT2D eigenvalue weighted by molar-refractivity contribution is 0.0788. The van der Waals surface area contributed by atoms with Gasteiger partial charge in [0.1, 0.15) is 5.75 Å². The number of benzene rings is 1. The maximum atomic E-state index is 12.3. The number of rotatable bonds is 7. The van der Waals surface area contributed by atoms with Crippen molar-refractivity contribution in [2.45, 2.75) is 33.1 Å². The Hall–Kier alpha value is -1.51. The number of hydrogen-bond acceptors (Lipinski definition) is 2. The minimum Gasteiger partial charge on any atom is -0.493 e. The maximum Gasteiger partial charge on any atom is 0.257 e. The summed E-state index contributed by atoms with van der Waals surface area (Å²) in [4.78, 5) is 14.1. The van der Waals surface area contributed by atoms with Crippen molar-refractivity contribution >= 4 is 5.91 Å². The zero-order chi connectivity index (χ0) is 13.4. The highest BCUT2D eigenvalue weighted by Gasteiger charge is 2.15. The summed E-state index contributed by atoms with van der Waals surface area (Å²) in [5, 5.41) is 0. The van der Waals surface area contributed by atoms with Crippen molar-refractivity contribution < 1.29 is 9.53 Å². The third kappa shape index (κ3) is 4.06. The molecule has 1 amide bonds. The smallest absolute Gasteiger partial charge is 0.257 e. The van der Waals surface area contributed by atoms with E-state index in [4.69, 9.17) is 4.74 Å². The molecule has 18 heavy (non-hydrogen) atoms. The highest BCUT2D eigenvalue weighted by atomic mass is 16.5. The molecule has 0 fully saturated rings. The van der Waals surface area contributed by atoms with Gasteiger partial charge >= 0.3 is 0 Å². The van der Waals surface area contributed by atoms with Crippen LogP contribution in [0.15, 0.2) is 24.3 Å². The average Bonchev–Trinajstić information content (AvgIpc) is 2.39. The predicted molar refractivity (Wildman–Crippen MR) is 74.1 cm³/mol. The van der Waals surface area contributed by atoms with Gasteiger partial charge in [0.25, 0.3) is 5.91 Å². The van der Waals surface area contributed by atoms with Crippen LogP contribution < -0.4 is 4.74 Å². The molecule has 0 heterocycles. The summed E-state index contributed by atoms with van der Waals surface area (Å²) in [5.74, 6) is 0.711. The van der Waals surface area contributed by atoms with Gasteiger partial charge in [0.05, 0.1) is 12.2 Å². The molecule has 0 N–H and O–H groups in total. The molecule has 1 aromatic carbocycles. The number of carbonyl (C=O) groups excluding carboxylic acids is 1. The predicted octanol–water partition coefficient (Wildman–Crippen LogP) is 3.35. The van der Waals surface area contributed by atoms with Gasteiger partial charge in [0.2, 0.25) is 0 Å². The molecule has 0 aliphatic rings. The van der Waals surface area contributed by atoms with E-state index in [1.807, 2.05) is 38.2 Å². The number of ether oxygens (including phenoxy) is 1. The number of unbranched alkanes of at least 4 members (excludes halogenated alkanes) is 2. The normalized spacial score (nSPS) is 10.2. The molecule has 0 atom stereocenters. The maximum absolute atomic E-state index is 12.3. The lowest BCUT2D eigenvalue weighted by Gasteiger charge is -2.18. The molecule has 0 bridgehead atoms. The SMILES string of the molecule is CCCCCN(C)C(=O)c1ccccc1OCC. The summed E-state index contributed by atoms with van der Waals surface area (Å²) in [7, 11) is 1.85. The van der Waals surface area contributed by atoms with Crippen LogP contribution in [-0.2, 0) is 0 Å². The first kappa shape index (κ1) is 14.6. The van der Waals surface area contributed by atoms with Crippen molar-refractivity contribution in [1.29, 1.82) is 0 Å². The molecule has 0 saturated carbocycles. The zero-order valence-electron chi connectivity index (χ0n) is 11.6. The van der Waals surface area contributed by atoms with E-state index in [0.29, 0.717) is 17.9 Å². The Morgan fingerprint density at radius 2 is 1.94 bits per heavy atom. The Kier molecular flexibility index (Phi) is 6.26. The number of carbonyl (C=O) groups is 1. The van der Waals surface area contributed by atoms with E-state index in [1.165, 1.54) is 0 Å². The van der Waals surface area contributed by atoms with Crippen LogP contribution in [0.1, 0.15) is 43.5 Å². The number of hydrogen-bond donors (Lipinski definition) is 0. The highest BCUT2D eigenvalue weighted by Crippen LogP contribution is 2.19. The molecule has 0 aliphatic heterocycles. The second kappa shape index (κ2) is 7.75. The first-order valence-electron chi connectivity index (χ1n) is 6.68. The van der Waals surface area contributed by atoms with E-state index in [0.717, 1.165) is 25.8 Å². The van der Waals surface area contributed by atoms with Crippen LogP contribution in [0.5, 0.6) is 5.75 Å². The minimum atomic E-state index is 0.0372. The third-order valence-electron chi connectivity index (χ3n) is 2.86. The fourth-order valence-electron chi connectivity index (χ4n) is 1.83. The molecule has 0 radical (unpaired) electrons. The molecule has 0 aromatic heterocycles. The van der Waals surface area contributed by atoms with Crippen molar-refractivity contribution in [3.8, 4) is 5.75 Å². The fraction of sp³-hybridized carbons (Fsp3) is 0.533. The van der Waals surface area contributed by atoms with Crippen molar-refractivity contribution in [2.24, 2.45) is 0 Å². The van der Waals surface area contributed by atoms with Crippen LogP contribution in [0.3, 0.4) is 0 Å². The molecule has 1 rings (SSSR count). The second-order valence-electron chi connectivity index (χ2n) is 4.36. The minimum absolute atomic E-state index is 0.0372. The topological polar surface area (TPSA) is 29.5 Å². The van der Waals surface area contributed by atoms with Crippen molar-refractivity contribution in [3.63, 3.8) is 0 Å². The quantitative estimate of drug-likeness (QED) is 0.694. The molecule has 0 spiro atoms. The molecule has 3 nitrogen and oxygen atoms in total. The van der Waals surface area contributed by atoms with Gasteiger partial charge in [0.15, 0.2) is 0 Å². The van der Waals surface area contributed by atoms with E-state index in [9.17, 15) is 4.79 Å². The average molecular weight is 249 g/mol. The molecule has 3 heteroatoms. The van der Waals surface area contributed by atoms with Crippen LogP contribution in [0.2, 0.25) is 0 Å². The largest absolute Gasteiger partial charge is 0.493 e. The number of amides is 1. The van der Waals surface area contributed by atoms with E-state index in [1.54, 1.807) is 4.90 Å². The van der Waals surface area contributed by atoms with Gasteiger partial charge in [0, 0.05) is 13.6 Å². The molecule has 100 valence electrons. The van der Waals surface area contributed by atoms with Gasteiger partial charge in [-0.15, -0.1) is 0 Å². The zero-order valence-corrected chi connectivity index (χ0v) is 11.6. The molecule has 0 unspecified atom stereocenters. The van der Waals surface area contributed by atoms with E-state index in [2.05, 4.69) is 6.92 Å². The van der Waals surface area contributed by atoms with E-state index < -0.39 is 0 Å². The van der Waals surface area contributed by atoms with E-state index in [-0.39, 0.29) is 5.91 Å².